The van der Waals surface area contributed by atoms with Crippen LogP contribution in [0.25, 0.3) is 21.2 Å². The summed E-state index contributed by atoms with van der Waals surface area (Å²) in [6, 6.07) is 15.1. The number of amides is 1. The minimum absolute atomic E-state index is 0.120. The van der Waals surface area contributed by atoms with Crippen molar-refractivity contribution in [2.24, 2.45) is 5.10 Å². The Morgan fingerprint density at radius 3 is 3.00 bits per heavy atom. The molecule has 5 heterocycles. The fourth-order valence-electron chi connectivity index (χ4n) is 3.78. The van der Waals surface area contributed by atoms with Crippen molar-refractivity contribution in [2.45, 2.75) is 17.5 Å². The number of benzene rings is 1. The van der Waals surface area contributed by atoms with E-state index in [9.17, 15) is 4.79 Å². The second kappa shape index (κ2) is 7.92. The van der Waals surface area contributed by atoms with Gasteiger partial charge in [-0.2, -0.15) is 5.10 Å². The number of thioether (sulfide) groups is 1. The lowest BCUT2D eigenvalue weighted by molar-refractivity contribution is -0.130. The molecule has 0 N–H and O–H groups in total. The van der Waals surface area contributed by atoms with Crippen molar-refractivity contribution in [1.82, 2.24) is 15.0 Å². The molecule has 1 aromatic carbocycles. The summed E-state index contributed by atoms with van der Waals surface area (Å²) in [7, 11) is 0. The van der Waals surface area contributed by atoms with Crippen molar-refractivity contribution >= 4 is 55.9 Å². The first-order chi connectivity index (χ1) is 15.8. The predicted molar refractivity (Wildman–Crippen MR) is 124 cm³/mol. The molecule has 0 saturated heterocycles. The lowest BCUT2D eigenvalue weighted by Crippen LogP contribution is -2.28. The molecule has 158 valence electrons. The van der Waals surface area contributed by atoms with Crippen molar-refractivity contribution in [3.8, 4) is 0 Å². The zero-order chi connectivity index (χ0) is 21.5. The fourth-order valence-corrected chi connectivity index (χ4v) is 5.58. The quantitative estimate of drug-likeness (QED) is 0.254. The van der Waals surface area contributed by atoms with Crippen LogP contribution >= 0.6 is 23.1 Å². The number of para-hydroxylation sites is 1. The Morgan fingerprint density at radius 1 is 1.19 bits per heavy atom. The fraction of sp³-hybridized carbons (Fsp3) is 0.130. The maximum Gasteiger partial charge on any atom is 0.253 e. The maximum atomic E-state index is 13.2. The summed E-state index contributed by atoms with van der Waals surface area (Å²) in [5.74, 6) is 1.45. The van der Waals surface area contributed by atoms with Gasteiger partial charge < -0.3 is 8.83 Å². The first kappa shape index (κ1) is 19.3. The van der Waals surface area contributed by atoms with Gasteiger partial charge in [-0.3, -0.25) is 4.79 Å². The predicted octanol–water partition coefficient (Wildman–Crippen LogP) is 5.50. The number of hydrogen-bond donors (Lipinski definition) is 0. The molecule has 1 amide bonds. The van der Waals surface area contributed by atoms with Crippen molar-refractivity contribution in [2.75, 3.05) is 5.75 Å². The van der Waals surface area contributed by atoms with Gasteiger partial charge in [0.2, 0.25) is 0 Å². The van der Waals surface area contributed by atoms with Gasteiger partial charge in [0.1, 0.15) is 34.5 Å². The van der Waals surface area contributed by atoms with E-state index in [0.29, 0.717) is 17.9 Å². The minimum atomic E-state index is -0.312. The van der Waals surface area contributed by atoms with E-state index < -0.39 is 0 Å². The average Bonchev–Trinajstić information content (AvgIpc) is 3.61. The molecule has 0 saturated carbocycles. The van der Waals surface area contributed by atoms with Gasteiger partial charge in [-0.1, -0.05) is 30.0 Å². The van der Waals surface area contributed by atoms with Gasteiger partial charge in [-0.15, -0.1) is 11.3 Å². The van der Waals surface area contributed by atoms with E-state index in [1.807, 2.05) is 53.9 Å². The maximum absolute atomic E-state index is 13.2. The molecule has 0 aliphatic carbocycles. The van der Waals surface area contributed by atoms with Gasteiger partial charge in [0.25, 0.3) is 5.91 Å². The van der Waals surface area contributed by atoms with Gasteiger partial charge in [0.05, 0.1) is 22.2 Å². The smallest absolute Gasteiger partial charge is 0.253 e. The summed E-state index contributed by atoms with van der Waals surface area (Å²) in [6.07, 6.45) is 3.66. The molecule has 6 rings (SSSR count). The zero-order valence-corrected chi connectivity index (χ0v) is 18.3. The third-order valence-electron chi connectivity index (χ3n) is 5.29. The average molecular weight is 461 g/mol. The number of carbonyl (C=O) groups is 1. The highest BCUT2D eigenvalue weighted by molar-refractivity contribution is 8.00. The van der Waals surface area contributed by atoms with Crippen LogP contribution in [0.4, 0.5) is 0 Å². The van der Waals surface area contributed by atoms with E-state index in [1.54, 1.807) is 17.6 Å². The third kappa shape index (κ3) is 3.39. The van der Waals surface area contributed by atoms with Gasteiger partial charge in [-0.25, -0.2) is 15.0 Å². The highest BCUT2D eigenvalue weighted by Gasteiger charge is 2.36. The van der Waals surface area contributed by atoms with Crippen LogP contribution in [-0.4, -0.2) is 32.3 Å². The zero-order valence-electron chi connectivity index (χ0n) is 16.7. The van der Waals surface area contributed by atoms with E-state index in [1.165, 1.54) is 23.1 Å². The number of nitrogens with zero attached hydrogens (tertiary/aromatic N) is 4. The number of fused-ring (bicyclic) bond motifs is 2. The molecule has 0 fully saturated rings. The topological polar surface area (TPSA) is 84.7 Å². The summed E-state index contributed by atoms with van der Waals surface area (Å²) in [5, 5.41) is 9.95. The van der Waals surface area contributed by atoms with E-state index in [0.717, 1.165) is 31.9 Å². The number of rotatable bonds is 5. The number of thiophene rings is 1. The van der Waals surface area contributed by atoms with Crippen molar-refractivity contribution in [3.05, 3.63) is 78.0 Å². The normalized spacial score (nSPS) is 16.2. The Labute approximate surface area is 190 Å². The number of furan rings is 2. The van der Waals surface area contributed by atoms with Crippen LogP contribution in [0.5, 0.6) is 0 Å². The molecule has 1 unspecified atom stereocenters. The minimum Gasteiger partial charge on any atom is -0.467 e. The van der Waals surface area contributed by atoms with Crippen molar-refractivity contribution < 1.29 is 13.6 Å². The summed E-state index contributed by atoms with van der Waals surface area (Å²) in [4.78, 5) is 21.8. The van der Waals surface area contributed by atoms with Crippen LogP contribution in [-0.2, 0) is 4.79 Å². The monoisotopic (exact) mass is 460 g/mol. The number of hydrogen-bond acceptors (Lipinski definition) is 8. The van der Waals surface area contributed by atoms with Gasteiger partial charge in [0.15, 0.2) is 5.76 Å². The Morgan fingerprint density at radius 2 is 2.12 bits per heavy atom. The summed E-state index contributed by atoms with van der Waals surface area (Å²) < 4.78 is 12.6. The Bertz CT molecular complexity index is 1420. The first-order valence-corrected chi connectivity index (χ1v) is 11.9. The van der Waals surface area contributed by atoms with Gasteiger partial charge in [-0.05, 0) is 35.7 Å². The number of aromatic nitrogens is 2. The summed E-state index contributed by atoms with van der Waals surface area (Å²) in [6.45, 7) is 0. The molecule has 7 nitrogen and oxygen atoms in total. The molecule has 5 aromatic rings. The largest absolute Gasteiger partial charge is 0.467 e. The molecule has 1 aliphatic rings. The second-order valence-corrected chi connectivity index (χ2v) is 9.15. The molecule has 4 aromatic heterocycles. The van der Waals surface area contributed by atoms with E-state index >= 15 is 0 Å². The third-order valence-corrected chi connectivity index (χ3v) is 7.30. The lowest BCUT2D eigenvalue weighted by atomic mass is 10.1. The molecule has 32 heavy (non-hydrogen) atoms. The van der Waals surface area contributed by atoms with Crippen LogP contribution < -0.4 is 0 Å². The molecular formula is C23H16N4O3S2. The van der Waals surface area contributed by atoms with Crippen LogP contribution in [0.1, 0.15) is 24.0 Å². The molecule has 1 atom stereocenters. The van der Waals surface area contributed by atoms with Crippen LogP contribution in [0.15, 0.2) is 85.5 Å². The van der Waals surface area contributed by atoms with Crippen LogP contribution in [0, 0.1) is 0 Å². The lowest BCUT2D eigenvalue weighted by Gasteiger charge is -2.19. The van der Waals surface area contributed by atoms with Crippen LogP contribution in [0.3, 0.4) is 0 Å². The standard InChI is InChI=1S/C23H16N4O3S2/c28-21(12-32-23-22-15(7-9-31-22)24-13-25-23)27-17(19-6-3-8-29-19)11-16(26-27)20-10-14-4-1-2-5-18(14)30-20/h1-10,13,17H,11-12H2. The van der Waals surface area contributed by atoms with Crippen molar-refractivity contribution in [3.63, 3.8) is 0 Å². The van der Waals surface area contributed by atoms with Crippen LogP contribution in [0.2, 0.25) is 0 Å². The highest BCUT2D eigenvalue weighted by atomic mass is 32.2. The SMILES string of the molecule is O=C(CSc1ncnc2ccsc12)N1N=C(c2cc3ccccc3o2)CC1c1ccco1. The molecule has 0 radical (unpaired) electrons. The highest BCUT2D eigenvalue weighted by Crippen LogP contribution is 2.36. The number of hydrazone groups is 1. The second-order valence-electron chi connectivity index (χ2n) is 7.27. The Hall–Kier alpha value is -3.43. The molecule has 0 bridgehead atoms. The number of carbonyl (C=O) groups excluding carboxylic acids is 1. The molecule has 9 heteroatoms. The van der Waals surface area contributed by atoms with Crippen molar-refractivity contribution in [1.29, 1.82) is 0 Å². The van der Waals surface area contributed by atoms with E-state index in [4.69, 9.17) is 8.83 Å². The Balaban J connectivity index is 1.29. The summed E-state index contributed by atoms with van der Waals surface area (Å²) in [5.41, 5.74) is 2.41. The molecule has 1 aliphatic heterocycles. The first-order valence-electron chi connectivity index (χ1n) is 9.99. The molecular weight excluding hydrogens is 444 g/mol. The van der Waals surface area contributed by atoms with Gasteiger partial charge >= 0.3 is 0 Å². The summed E-state index contributed by atoms with van der Waals surface area (Å²) >= 11 is 2.96. The van der Waals surface area contributed by atoms with E-state index in [-0.39, 0.29) is 17.7 Å². The Kier molecular flexibility index (Phi) is 4.77. The van der Waals surface area contributed by atoms with Gasteiger partial charge in [0, 0.05) is 11.8 Å². The molecule has 0 spiro atoms. The van der Waals surface area contributed by atoms with E-state index in [2.05, 4.69) is 15.1 Å².